The number of hydrogen-bond donors (Lipinski definition) is 1. The van der Waals surface area contributed by atoms with Crippen LogP contribution in [0, 0.1) is 6.92 Å². The average molecular weight is 493 g/mol. The van der Waals surface area contributed by atoms with Gasteiger partial charge in [0.25, 0.3) is 0 Å². The van der Waals surface area contributed by atoms with Crippen molar-refractivity contribution in [3.63, 3.8) is 0 Å². The number of carbonyl (C=O) groups is 2. The lowest BCUT2D eigenvalue weighted by molar-refractivity contribution is -0.132. The van der Waals surface area contributed by atoms with E-state index in [0.29, 0.717) is 18.1 Å². The minimum atomic E-state index is -0.229. The van der Waals surface area contributed by atoms with Crippen molar-refractivity contribution >= 4 is 29.4 Å². The molecule has 1 heterocycles. The Morgan fingerprint density at radius 3 is 2.37 bits per heavy atom. The maximum absolute atomic E-state index is 13.1. The fraction of sp³-hybridized carbons (Fsp3) is 0.393. The van der Waals surface area contributed by atoms with E-state index in [-0.39, 0.29) is 23.8 Å². The number of hydrogen-bond acceptors (Lipinski definition) is 4. The average Bonchev–Trinajstić information content (AvgIpc) is 3.25. The van der Waals surface area contributed by atoms with E-state index in [9.17, 15) is 9.59 Å². The van der Waals surface area contributed by atoms with Crippen molar-refractivity contribution in [1.82, 2.24) is 14.7 Å². The van der Waals surface area contributed by atoms with Gasteiger partial charge in [-0.15, -0.1) is 11.8 Å². The highest BCUT2D eigenvalue weighted by Crippen LogP contribution is 2.26. The summed E-state index contributed by atoms with van der Waals surface area (Å²) in [4.78, 5) is 28.8. The van der Waals surface area contributed by atoms with E-state index >= 15 is 0 Å². The second kappa shape index (κ2) is 12.1. The summed E-state index contributed by atoms with van der Waals surface area (Å²) < 4.78 is 1.77. The maximum atomic E-state index is 13.1. The molecule has 0 radical (unpaired) electrons. The Balaban J connectivity index is 1.75. The number of benzene rings is 2. The quantitative estimate of drug-likeness (QED) is 0.361. The van der Waals surface area contributed by atoms with E-state index in [1.54, 1.807) is 9.58 Å². The third-order valence-corrected chi connectivity index (χ3v) is 6.59. The summed E-state index contributed by atoms with van der Waals surface area (Å²) in [5.74, 6) is 0.638. The molecule has 0 fully saturated rings. The lowest BCUT2D eigenvalue weighted by Gasteiger charge is -2.22. The first-order chi connectivity index (χ1) is 16.7. The summed E-state index contributed by atoms with van der Waals surface area (Å²) in [7, 11) is 0. The molecule has 0 aliphatic rings. The molecule has 186 valence electrons. The Kier molecular flexibility index (Phi) is 9.15. The van der Waals surface area contributed by atoms with Crippen LogP contribution in [0.4, 0.5) is 5.82 Å². The normalized spacial score (nSPS) is 11.3. The van der Waals surface area contributed by atoms with Crippen molar-refractivity contribution in [3.05, 3.63) is 71.9 Å². The van der Waals surface area contributed by atoms with Gasteiger partial charge in [0.2, 0.25) is 11.8 Å². The van der Waals surface area contributed by atoms with Crippen LogP contribution in [-0.4, -0.2) is 45.3 Å². The molecule has 1 N–H and O–H groups in total. The molecule has 35 heavy (non-hydrogen) atoms. The molecular formula is C28H36N4O2S. The molecule has 0 atom stereocenters. The Bertz CT molecular complexity index is 1120. The van der Waals surface area contributed by atoms with Gasteiger partial charge in [0.15, 0.2) is 0 Å². The Labute approximate surface area is 213 Å². The first-order valence-electron chi connectivity index (χ1n) is 12.1. The zero-order chi connectivity index (χ0) is 25.4. The number of amides is 2. The van der Waals surface area contributed by atoms with E-state index in [2.05, 4.69) is 33.0 Å². The number of nitrogens with one attached hydrogen (secondary N) is 1. The number of nitrogens with zero attached hydrogens (tertiary/aromatic N) is 3. The summed E-state index contributed by atoms with van der Waals surface area (Å²) in [6, 6.07) is 19.8. The largest absolute Gasteiger partial charge is 0.333 e. The van der Waals surface area contributed by atoms with Crippen LogP contribution in [0.1, 0.15) is 51.8 Å². The zero-order valence-electron chi connectivity index (χ0n) is 21.4. The predicted octanol–water partition coefficient (Wildman–Crippen LogP) is 5.84. The summed E-state index contributed by atoms with van der Waals surface area (Å²) in [6.45, 7) is 11.0. The summed E-state index contributed by atoms with van der Waals surface area (Å²) >= 11 is 1.49. The standard InChI is InChI=1S/C28H36N4O2S/c1-6-7-17-31(27(34)20-35-23-11-9-8-10-12-23)19-26(33)29-25-18-24(28(3,4)5)30-32(25)22-15-13-21(2)14-16-22/h8-16,18H,6-7,17,19-20H2,1-5H3,(H,29,33). The molecule has 3 aromatic rings. The van der Waals surface area contributed by atoms with Crippen LogP contribution in [0.3, 0.4) is 0 Å². The van der Waals surface area contributed by atoms with E-state index in [1.165, 1.54) is 11.8 Å². The van der Waals surface area contributed by atoms with E-state index in [1.807, 2.05) is 67.6 Å². The molecule has 3 rings (SSSR count). The molecule has 2 aromatic carbocycles. The highest BCUT2D eigenvalue weighted by atomic mass is 32.2. The Morgan fingerprint density at radius 2 is 1.74 bits per heavy atom. The molecule has 6 nitrogen and oxygen atoms in total. The third kappa shape index (κ3) is 7.72. The Morgan fingerprint density at radius 1 is 1.06 bits per heavy atom. The zero-order valence-corrected chi connectivity index (χ0v) is 22.2. The minimum absolute atomic E-state index is 0.0120. The van der Waals surface area contributed by atoms with Crippen LogP contribution in [0.25, 0.3) is 5.69 Å². The molecule has 0 aliphatic carbocycles. The van der Waals surface area contributed by atoms with Crippen molar-refractivity contribution in [2.24, 2.45) is 0 Å². The molecule has 0 saturated carbocycles. The van der Waals surface area contributed by atoms with Crippen LogP contribution in [-0.2, 0) is 15.0 Å². The minimum Gasteiger partial charge on any atom is -0.333 e. The van der Waals surface area contributed by atoms with Crippen molar-refractivity contribution in [2.45, 2.75) is 57.8 Å². The first kappa shape index (κ1) is 26.5. The van der Waals surface area contributed by atoms with Gasteiger partial charge in [0.1, 0.15) is 5.82 Å². The predicted molar refractivity (Wildman–Crippen MR) is 144 cm³/mol. The lowest BCUT2D eigenvalue weighted by Crippen LogP contribution is -2.39. The number of aromatic nitrogens is 2. The highest BCUT2D eigenvalue weighted by Gasteiger charge is 2.23. The monoisotopic (exact) mass is 492 g/mol. The molecule has 0 bridgehead atoms. The topological polar surface area (TPSA) is 67.2 Å². The first-order valence-corrected chi connectivity index (χ1v) is 13.1. The number of unbranched alkanes of at least 4 members (excludes halogenated alkanes) is 1. The van der Waals surface area contributed by atoms with Crippen LogP contribution in [0.5, 0.6) is 0 Å². The second-order valence-electron chi connectivity index (χ2n) is 9.73. The number of anilines is 1. The van der Waals surface area contributed by atoms with Crippen molar-refractivity contribution in [2.75, 3.05) is 24.2 Å². The molecule has 7 heteroatoms. The van der Waals surface area contributed by atoms with Gasteiger partial charge in [0.05, 0.1) is 23.7 Å². The van der Waals surface area contributed by atoms with Gasteiger partial charge < -0.3 is 10.2 Å². The number of carbonyl (C=O) groups excluding carboxylic acids is 2. The van der Waals surface area contributed by atoms with Gasteiger partial charge in [0, 0.05) is 22.9 Å². The maximum Gasteiger partial charge on any atom is 0.245 e. The van der Waals surface area contributed by atoms with Crippen LogP contribution in [0.15, 0.2) is 65.6 Å². The van der Waals surface area contributed by atoms with Gasteiger partial charge in [-0.3, -0.25) is 9.59 Å². The number of aryl methyl sites for hydroxylation is 1. The Hall–Kier alpha value is -3.06. The third-order valence-electron chi connectivity index (χ3n) is 5.60. The number of rotatable bonds is 10. The SMILES string of the molecule is CCCCN(CC(=O)Nc1cc(C(C)(C)C)nn1-c1ccc(C)cc1)C(=O)CSc1ccccc1. The summed E-state index contributed by atoms with van der Waals surface area (Å²) in [5.41, 5.74) is 2.74. The van der Waals surface area contributed by atoms with Crippen LogP contribution in [0.2, 0.25) is 0 Å². The lowest BCUT2D eigenvalue weighted by atomic mass is 9.92. The van der Waals surface area contributed by atoms with E-state index < -0.39 is 0 Å². The summed E-state index contributed by atoms with van der Waals surface area (Å²) in [6.07, 6.45) is 1.80. The van der Waals surface area contributed by atoms with Gasteiger partial charge in [-0.1, -0.05) is 70.0 Å². The molecule has 0 unspecified atom stereocenters. The molecule has 0 spiro atoms. The van der Waals surface area contributed by atoms with Gasteiger partial charge in [-0.2, -0.15) is 5.10 Å². The molecule has 2 amide bonds. The number of thioether (sulfide) groups is 1. The molecular weight excluding hydrogens is 456 g/mol. The molecule has 0 saturated heterocycles. The van der Waals surface area contributed by atoms with E-state index in [0.717, 1.165) is 34.7 Å². The van der Waals surface area contributed by atoms with Gasteiger partial charge >= 0.3 is 0 Å². The second-order valence-corrected chi connectivity index (χ2v) is 10.8. The highest BCUT2D eigenvalue weighted by molar-refractivity contribution is 8.00. The summed E-state index contributed by atoms with van der Waals surface area (Å²) in [5, 5.41) is 7.79. The fourth-order valence-electron chi connectivity index (χ4n) is 3.47. The molecule has 0 aliphatic heterocycles. The van der Waals surface area contributed by atoms with Crippen molar-refractivity contribution < 1.29 is 9.59 Å². The van der Waals surface area contributed by atoms with Gasteiger partial charge in [-0.05, 0) is 37.6 Å². The fourth-order valence-corrected chi connectivity index (χ4v) is 4.29. The van der Waals surface area contributed by atoms with Crippen molar-refractivity contribution in [1.29, 1.82) is 0 Å². The smallest absolute Gasteiger partial charge is 0.245 e. The van der Waals surface area contributed by atoms with E-state index in [4.69, 9.17) is 5.10 Å². The van der Waals surface area contributed by atoms with Crippen molar-refractivity contribution in [3.8, 4) is 5.69 Å². The molecule has 1 aromatic heterocycles. The van der Waals surface area contributed by atoms with Crippen LogP contribution >= 0.6 is 11.8 Å². The van der Waals surface area contributed by atoms with Crippen LogP contribution < -0.4 is 5.32 Å². The van der Waals surface area contributed by atoms with Gasteiger partial charge in [-0.25, -0.2) is 4.68 Å².